The first-order chi connectivity index (χ1) is 28.1. The summed E-state index contributed by atoms with van der Waals surface area (Å²) in [5.41, 5.74) is 5.49. The minimum Gasteiger partial charge on any atom is -0.453 e. The first-order valence-corrected chi connectivity index (χ1v) is 19.5. The van der Waals surface area contributed by atoms with Crippen LogP contribution in [0.4, 0.5) is 4.79 Å². The third-order valence-corrected chi connectivity index (χ3v) is 11.3. The number of aromatic amines is 2. The highest BCUT2D eigenvalue weighted by Crippen LogP contribution is 2.36. The minimum absolute atomic E-state index is 0.161. The van der Waals surface area contributed by atoms with Crippen LogP contribution in [0, 0.1) is 0 Å². The molecule has 3 amide bonds. The summed E-state index contributed by atoms with van der Waals surface area (Å²) in [6, 6.07) is 16.6. The Balaban J connectivity index is 1.07. The maximum Gasteiger partial charge on any atom is 0.407 e. The molecule has 0 aliphatic carbocycles. The number of hydrogen-bond donors (Lipinski definition) is 3. The Hall–Kier alpha value is -5.84. The molecule has 7 rings (SSSR count). The van der Waals surface area contributed by atoms with Crippen molar-refractivity contribution >= 4 is 46.1 Å². The number of alkyl carbamates (subject to hydrolysis) is 1. The van der Waals surface area contributed by atoms with E-state index in [2.05, 4.69) is 67.6 Å². The summed E-state index contributed by atoms with van der Waals surface area (Å²) in [7, 11) is 5.68. The minimum atomic E-state index is -0.899. The van der Waals surface area contributed by atoms with Gasteiger partial charge in [0.1, 0.15) is 17.7 Å². The molecule has 5 aromatic rings. The summed E-state index contributed by atoms with van der Waals surface area (Å²) in [4.78, 5) is 73.4. The molecule has 2 aliphatic heterocycles. The van der Waals surface area contributed by atoms with Gasteiger partial charge >= 0.3 is 6.09 Å². The van der Waals surface area contributed by atoms with E-state index in [0.717, 1.165) is 82.1 Å². The first kappa shape index (κ1) is 40.4. The molecule has 0 bridgehead atoms. The average molecular weight is 795 g/mol. The number of rotatable bonds is 14. The highest BCUT2D eigenvalue weighted by molar-refractivity contribution is 5.92. The number of nitrogens with one attached hydrogen (secondary N) is 3. The molecule has 2 saturated heterocycles. The number of imidazole rings is 2. The highest BCUT2D eigenvalue weighted by Gasteiger charge is 2.39. The number of nitrogens with zero attached hydrogens (tertiary/aromatic N) is 5. The molecular weight excluding hydrogens is 745 g/mol. The van der Waals surface area contributed by atoms with Crippen LogP contribution in [0.15, 0.2) is 65.8 Å². The monoisotopic (exact) mass is 794 g/mol. The zero-order chi connectivity index (χ0) is 40.9. The topological polar surface area (TPSA) is 186 Å². The summed E-state index contributed by atoms with van der Waals surface area (Å²) in [5, 5.41) is 4.76. The lowest BCUT2D eigenvalue weighted by atomic mass is 9.99. The van der Waals surface area contributed by atoms with Crippen molar-refractivity contribution in [3.05, 3.63) is 72.4 Å². The van der Waals surface area contributed by atoms with Crippen LogP contribution in [0.1, 0.15) is 63.3 Å². The Morgan fingerprint density at radius 2 is 1.45 bits per heavy atom. The second-order valence-corrected chi connectivity index (χ2v) is 14.6. The number of methoxy groups -OCH3 is 3. The molecule has 0 radical (unpaired) electrons. The normalized spacial score (nSPS) is 19.1. The van der Waals surface area contributed by atoms with Crippen molar-refractivity contribution in [2.45, 2.75) is 75.9 Å². The van der Waals surface area contributed by atoms with Crippen LogP contribution in [0.5, 0.6) is 0 Å². The molecule has 2 aromatic heterocycles. The van der Waals surface area contributed by atoms with Crippen LogP contribution in [0.2, 0.25) is 0 Å². The fourth-order valence-electron chi connectivity index (χ4n) is 7.93. The predicted molar refractivity (Wildman–Crippen MR) is 217 cm³/mol. The van der Waals surface area contributed by atoms with E-state index in [0.29, 0.717) is 18.9 Å². The zero-order valence-electron chi connectivity index (χ0n) is 33.6. The fraction of sp³-hybridized carbons (Fsp3) is 0.429. The Morgan fingerprint density at radius 1 is 0.810 bits per heavy atom. The molecule has 0 spiro atoms. The van der Waals surface area contributed by atoms with Crippen LogP contribution < -0.4 is 5.32 Å². The molecule has 58 heavy (non-hydrogen) atoms. The lowest BCUT2D eigenvalue weighted by molar-refractivity contribution is -0.188. The molecule has 16 nitrogen and oxygen atoms in total. The fourth-order valence-corrected chi connectivity index (χ4v) is 7.93. The SMILES string of the molecule is COO/C=N\C(C(=O)N1CCC[C@H]1c1nc2cc(-c3ccc4cc(-c5c[nH]c([C@@H]6CCCN6C(=O)[C@@H](NC(=O)OC)[C@@H](C)OC)n5)ccc4c3)ccc2[nH]1)[C@@H](C)OC. The van der Waals surface area contributed by atoms with Gasteiger partial charge in [-0.1, -0.05) is 30.3 Å². The van der Waals surface area contributed by atoms with Crippen LogP contribution in [-0.4, -0.2) is 120 Å². The van der Waals surface area contributed by atoms with Gasteiger partial charge in [-0.25, -0.2) is 19.8 Å². The van der Waals surface area contributed by atoms with Crippen LogP contribution in [0.3, 0.4) is 0 Å². The predicted octanol–water partition coefficient (Wildman–Crippen LogP) is 5.87. The Kier molecular flexibility index (Phi) is 12.4. The van der Waals surface area contributed by atoms with Crippen molar-refractivity contribution in [3.63, 3.8) is 0 Å². The summed E-state index contributed by atoms with van der Waals surface area (Å²) in [6.45, 7) is 4.67. The van der Waals surface area contributed by atoms with Crippen molar-refractivity contribution in [1.82, 2.24) is 35.1 Å². The van der Waals surface area contributed by atoms with Crippen LogP contribution in [-0.2, 0) is 33.6 Å². The largest absolute Gasteiger partial charge is 0.453 e. The van der Waals surface area contributed by atoms with Crippen molar-refractivity contribution in [2.75, 3.05) is 41.5 Å². The maximum absolute atomic E-state index is 13.7. The molecule has 2 aliphatic rings. The van der Waals surface area contributed by atoms with Gasteiger partial charge in [-0.3, -0.25) is 9.59 Å². The Bertz CT molecular complexity index is 2290. The number of benzene rings is 3. The van der Waals surface area contributed by atoms with E-state index in [-0.39, 0.29) is 23.9 Å². The van der Waals surface area contributed by atoms with E-state index in [1.165, 1.54) is 21.3 Å². The van der Waals surface area contributed by atoms with Gasteiger partial charge in [-0.2, -0.15) is 4.89 Å². The molecule has 306 valence electrons. The van der Waals surface area contributed by atoms with Crippen LogP contribution >= 0.6 is 0 Å². The number of ether oxygens (including phenoxy) is 3. The highest BCUT2D eigenvalue weighted by atomic mass is 17.2. The summed E-state index contributed by atoms with van der Waals surface area (Å²) < 4.78 is 15.6. The Morgan fingerprint density at radius 3 is 2.14 bits per heavy atom. The lowest BCUT2D eigenvalue weighted by Crippen LogP contribution is -2.54. The van der Waals surface area contributed by atoms with Crippen LogP contribution in [0.25, 0.3) is 44.2 Å². The maximum atomic E-state index is 13.7. The molecular formula is C42H50N8O8. The van der Waals surface area contributed by atoms with E-state index >= 15 is 0 Å². The number of amides is 3. The number of aliphatic imine (C=N–C) groups is 1. The molecule has 4 heterocycles. The smallest absolute Gasteiger partial charge is 0.407 e. The number of likely N-dealkylation sites (tertiary alicyclic amines) is 2. The van der Waals surface area contributed by atoms with Gasteiger partial charge in [0.15, 0.2) is 6.04 Å². The van der Waals surface area contributed by atoms with Gasteiger partial charge < -0.3 is 44.2 Å². The van der Waals surface area contributed by atoms with Crippen molar-refractivity contribution < 1.29 is 38.4 Å². The number of carbonyl (C=O) groups is 3. The number of H-pyrrole nitrogens is 2. The van der Waals surface area contributed by atoms with E-state index < -0.39 is 30.4 Å². The number of fused-ring (bicyclic) bond motifs is 2. The lowest BCUT2D eigenvalue weighted by Gasteiger charge is -2.30. The van der Waals surface area contributed by atoms with Crippen molar-refractivity contribution in [1.29, 1.82) is 0 Å². The summed E-state index contributed by atoms with van der Waals surface area (Å²) >= 11 is 0. The molecule has 0 saturated carbocycles. The molecule has 2 fully saturated rings. The molecule has 16 heteroatoms. The third-order valence-electron chi connectivity index (χ3n) is 11.3. The third kappa shape index (κ3) is 8.26. The Labute approximate surface area is 336 Å². The van der Waals surface area contributed by atoms with Gasteiger partial charge in [0.2, 0.25) is 12.3 Å². The molecule has 3 N–H and O–H groups in total. The van der Waals surface area contributed by atoms with Crippen molar-refractivity contribution in [3.8, 4) is 22.4 Å². The van der Waals surface area contributed by atoms with Gasteiger partial charge in [0.25, 0.3) is 5.91 Å². The summed E-state index contributed by atoms with van der Waals surface area (Å²) in [5.74, 6) is 1.02. The van der Waals surface area contributed by atoms with Crippen molar-refractivity contribution in [2.24, 2.45) is 4.99 Å². The number of carbonyl (C=O) groups excluding carboxylic acids is 3. The van der Waals surface area contributed by atoms with Gasteiger partial charge in [-0.05, 0) is 85.7 Å². The summed E-state index contributed by atoms with van der Waals surface area (Å²) in [6.07, 6.45) is 4.45. The van der Waals surface area contributed by atoms with E-state index in [4.69, 9.17) is 29.1 Å². The second kappa shape index (κ2) is 17.7. The zero-order valence-corrected chi connectivity index (χ0v) is 33.6. The standard InChI is InChI=1S/C42H50N8O8/c1-24(54-3)36(44-23-58-57-6)40(51)50-18-8-10-35(50)39-45-31-16-15-29(21-32(31)46-39)27-11-12-28-20-30(14-13-26(28)19-27)33-22-43-38(47-33)34-9-7-17-49(34)41(52)37(25(2)55-4)48-42(53)56-5/h11-16,19-25,34-37H,7-10,17-18H2,1-6H3,(H,43,47)(H,45,46)(H,48,53)/b44-23-/t24-,25-,34+,35+,36?,37+/m1/s1. The second-order valence-electron chi connectivity index (χ2n) is 14.6. The first-order valence-electron chi connectivity index (χ1n) is 19.5. The van der Waals surface area contributed by atoms with E-state index in [9.17, 15) is 14.4 Å². The molecule has 3 aromatic carbocycles. The number of hydrogen-bond acceptors (Lipinski definition) is 11. The molecule has 1 unspecified atom stereocenters. The quantitative estimate of drug-likeness (QED) is 0.0532. The average Bonchev–Trinajstić information content (AvgIpc) is 4.09. The van der Waals surface area contributed by atoms with Gasteiger partial charge in [0.05, 0.1) is 55.2 Å². The van der Waals surface area contributed by atoms with Gasteiger partial charge in [-0.15, -0.1) is 0 Å². The molecule has 6 atom stereocenters. The van der Waals surface area contributed by atoms with E-state index in [1.807, 2.05) is 23.2 Å². The van der Waals surface area contributed by atoms with E-state index in [1.54, 1.807) is 25.9 Å². The van der Waals surface area contributed by atoms with Gasteiger partial charge in [0, 0.05) is 39.1 Å². The number of aromatic nitrogens is 4.